The van der Waals surface area contributed by atoms with Crippen LogP contribution in [0.3, 0.4) is 0 Å². The molecule has 0 aliphatic rings. The van der Waals surface area contributed by atoms with Crippen LogP contribution >= 0.6 is 0 Å². The molecule has 47 valence electrons. The van der Waals surface area contributed by atoms with E-state index in [0.717, 1.165) is 5.92 Å². The summed E-state index contributed by atoms with van der Waals surface area (Å²) in [7, 11) is 0. The Kier molecular flexibility index (Phi) is 5.27. The average molecular weight is 192 g/mol. The second kappa shape index (κ2) is 4.81. The van der Waals surface area contributed by atoms with Crippen LogP contribution in [-0.4, -0.2) is 0 Å². The summed E-state index contributed by atoms with van der Waals surface area (Å²) in [6.45, 7) is 4.52. The van der Waals surface area contributed by atoms with E-state index in [2.05, 4.69) is 33.0 Å². The molecule has 0 aromatic carbocycles. The molecule has 0 aromatic heterocycles. The van der Waals surface area contributed by atoms with Gasteiger partial charge in [0.1, 0.15) is 0 Å². The van der Waals surface area contributed by atoms with E-state index in [4.69, 9.17) is 0 Å². The quantitative estimate of drug-likeness (QED) is 0.601. The molecule has 0 rings (SSSR count). The van der Waals surface area contributed by atoms with E-state index < -0.39 is 0 Å². The van der Waals surface area contributed by atoms with Crippen molar-refractivity contribution in [2.75, 3.05) is 0 Å². The maximum atomic E-state index is 3.16. The molecule has 0 spiro atoms. The van der Waals surface area contributed by atoms with Crippen molar-refractivity contribution in [2.24, 2.45) is 5.92 Å². The van der Waals surface area contributed by atoms with Crippen molar-refractivity contribution in [3.63, 3.8) is 0 Å². The van der Waals surface area contributed by atoms with Gasteiger partial charge < -0.3 is 0 Å². The van der Waals surface area contributed by atoms with Gasteiger partial charge in [0.25, 0.3) is 0 Å². The van der Waals surface area contributed by atoms with Crippen molar-refractivity contribution >= 4 is 0 Å². The third-order valence-corrected chi connectivity index (χ3v) is 1.73. The van der Waals surface area contributed by atoms with Crippen LogP contribution in [0.25, 0.3) is 0 Å². The summed E-state index contributed by atoms with van der Waals surface area (Å²) in [6, 6.07) is 0. The van der Waals surface area contributed by atoms with Gasteiger partial charge in [-0.3, -0.25) is 0 Å². The molecule has 1 heteroatoms. The summed E-state index contributed by atoms with van der Waals surface area (Å²) in [6.07, 6.45) is 2.65. The first-order valence-corrected chi connectivity index (χ1v) is 3.92. The summed E-state index contributed by atoms with van der Waals surface area (Å²) in [4.78, 5) is 1.19. The predicted octanol–water partition coefficient (Wildman–Crippen LogP) is 2.39. The van der Waals surface area contributed by atoms with Gasteiger partial charge in [-0.2, -0.15) is 0 Å². The molecule has 1 unspecified atom stereocenters. The Morgan fingerprint density at radius 1 is 1.57 bits per heavy atom. The first-order chi connectivity index (χ1) is 3.31. The Hall–Kier alpha value is 0.662. The third kappa shape index (κ3) is 4.52. The van der Waals surface area contributed by atoms with Crippen LogP contribution in [0.15, 0.2) is 0 Å². The van der Waals surface area contributed by atoms with Gasteiger partial charge in [-0.25, -0.2) is 0 Å². The van der Waals surface area contributed by atoms with Gasteiger partial charge in [0.2, 0.25) is 0 Å². The minimum absolute atomic E-state index is 0.912. The van der Waals surface area contributed by atoms with Crippen LogP contribution in [-0.2, 0) is 19.2 Å². The van der Waals surface area contributed by atoms with Gasteiger partial charge >= 0.3 is 56.7 Å². The van der Waals surface area contributed by atoms with E-state index in [9.17, 15) is 0 Å². The Balaban J connectivity index is 2.83. The Morgan fingerprint density at radius 2 is 2.14 bits per heavy atom. The topological polar surface area (TPSA) is 0 Å². The van der Waals surface area contributed by atoms with Gasteiger partial charge in [0.05, 0.1) is 0 Å². The van der Waals surface area contributed by atoms with Crippen LogP contribution in [0.5, 0.6) is 0 Å². The summed E-state index contributed by atoms with van der Waals surface area (Å²) in [5, 5.41) is 0. The van der Waals surface area contributed by atoms with E-state index in [1.165, 1.54) is 17.7 Å². The van der Waals surface area contributed by atoms with Gasteiger partial charge in [-0.05, 0) is 0 Å². The van der Waals surface area contributed by atoms with Gasteiger partial charge in [-0.1, -0.05) is 0 Å². The normalized spacial score (nSPS) is 14.3. The standard InChI is InChI=1S/C6H13.Pd/c1-4-6(3)5-2;/h6H,1,4-5H2,2-3H3;. The van der Waals surface area contributed by atoms with Crippen molar-refractivity contribution in [3.05, 3.63) is 0 Å². The van der Waals surface area contributed by atoms with Crippen LogP contribution < -0.4 is 0 Å². The predicted molar refractivity (Wildman–Crippen MR) is 28.9 cm³/mol. The molecule has 0 aromatic rings. The second-order valence-corrected chi connectivity index (χ2v) is 2.74. The molecule has 0 bridgehead atoms. The number of hydrogen-bond donors (Lipinski definition) is 0. The zero-order valence-corrected chi connectivity index (χ0v) is 6.57. The Morgan fingerprint density at radius 3 is 2.29 bits per heavy atom. The van der Waals surface area contributed by atoms with E-state index >= 15 is 0 Å². The molecule has 0 aliphatic carbocycles. The molecule has 0 radical (unpaired) electrons. The van der Waals surface area contributed by atoms with Gasteiger partial charge in [-0.15, -0.1) is 0 Å². The van der Waals surface area contributed by atoms with Gasteiger partial charge in [0, 0.05) is 0 Å². The SMILES string of the molecule is CCC(C)C[CH2][Pd]. The van der Waals surface area contributed by atoms with Crippen LogP contribution in [0, 0.1) is 5.92 Å². The maximum absolute atomic E-state index is 3.16. The molecule has 0 saturated heterocycles. The van der Waals surface area contributed by atoms with Crippen molar-refractivity contribution in [1.82, 2.24) is 0 Å². The average Bonchev–Trinajstić information content (AvgIpc) is 1.68. The molecule has 0 heterocycles. The monoisotopic (exact) mass is 191 g/mol. The van der Waals surface area contributed by atoms with Crippen LogP contribution in [0.2, 0.25) is 4.89 Å². The molecule has 7 heavy (non-hydrogen) atoms. The Labute approximate surface area is 57.1 Å². The van der Waals surface area contributed by atoms with Crippen molar-refractivity contribution in [3.8, 4) is 0 Å². The molecule has 1 atom stereocenters. The van der Waals surface area contributed by atoms with E-state index in [1.807, 2.05) is 0 Å². The molecular weight excluding hydrogens is 178 g/mol. The van der Waals surface area contributed by atoms with Crippen molar-refractivity contribution < 1.29 is 19.2 Å². The molecule has 0 amide bonds. The third-order valence-electron chi connectivity index (χ3n) is 1.28. The fraction of sp³-hybridized carbons (Fsp3) is 1.00. The first-order valence-electron chi connectivity index (χ1n) is 2.82. The van der Waals surface area contributed by atoms with E-state index in [0.29, 0.717) is 0 Å². The summed E-state index contributed by atoms with van der Waals surface area (Å²) < 4.78 is 0. The minimum atomic E-state index is 0.912. The van der Waals surface area contributed by atoms with E-state index in [-0.39, 0.29) is 0 Å². The van der Waals surface area contributed by atoms with Gasteiger partial charge in [0.15, 0.2) is 0 Å². The van der Waals surface area contributed by atoms with Crippen molar-refractivity contribution in [2.45, 2.75) is 31.6 Å². The summed E-state index contributed by atoms with van der Waals surface area (Å²) in [5.41, 5.74) is 0. The fourth-order valence-corrected chi connectivity index (χ4v) is 1.13. The second-order valence-electron chi connectivity index (χ2n) is 1.96. The summed E-state index contributed by atoms with van der Waals surface area (Å²) in [5.74, 6) is 0.912. The number of hydrogen-bond acceptors (Lipinski definition) is 0. The zero-order valence-electron chi connectivity index (χ0n) is 5.01. The van der Waals surface area contributed by atoms with Crippen LogP contribution in [0.4, 0.5) is 0 Å². The first kappa shape index (κ1) is 7.66. The number of rotatable bonds is 3. The molecule has 0 nitrogen and oxygen atoms in total. The Bertz CT molecular complexity index is 35.2. The van der Waals surface area contributed by atoms with Crippen molar-refractivity contribution in [1.29, 1.82) is 0 Å². The molecule has 0 N–H and O–H groups in total. The molecule has 0 fully saturated rings. The molecule has 0 aliphatic heterocycles. The zero-order chi connectivity index (χ0) is 5.70. The molecule has 0 saturated carbocycles. The van der Waals surface area contributed by atoms with Crippen LogP contribution in [0.1, 0.15) is 26.7 Å². The fourth-order valence-electron chi connectivity index (χ4n) is 0.360. The summed E-state index contributed by atoms with van der Waals surface area (Å²) >= 11 is 3.16. The molecular formula is C6H13Pd. The van der Waals surface area contributed by atoms with E-state index in [1.54, 1.807) is 0 Å².